The van der Waals surface area contributed by atoms with Gasteiger partial charge in [0.1, 0.15) is 5.76 Å². The number of halogens is 1. The summed E-state index contributed by atoms with van der Waals surface area (Å²) in [6.07, 6.45) is 1.60. The summed E-state index contributed by atoms with van der Waals surface area (Å²) < 4.78 is 6.28. The van der Waals surface area contributed by atoms with E-state index in [1.165, 1.54) is 0 Å². The molecular weight excluding hydrogens is 329 g/mol. The highest BCUT2D eigenvalue weighted by Gasteiger charge is 2.13. The maximum atomic E-state index is 11.9. The lowest BCUT2D eigenvalue weighted by Crippen LogP contribution is -2.26. The molecule has 0 saturated heterocycles. The van der Waals surface area contributed by atoms with Crippen molar-refractivity contribution < 1.29 is 9.21 Å². The van der Waals surface area contributed by atoms with Crippen molar-refractivity contribution in [1.82, 2.24) is 5.32 Å². The van der Waals surface area contributed by atoms with Crippen LogP contribution in [0.2, 0.25) is 0 Å². The van der Waals surface area contributed by atoms with Crippen LogP contribution in [-0.2, 0) is 0 Å². The first-order valence-corrected chi connectivity index (χ1v) is 6.34. The van der Waals surface area contributed by atoms with Crippen molar-refractivity contribution in [3.05, 3.63) is 57.6 Å². The highest BCUT2D eigenvalue weighted by molar-refractivity contribution is 14.1. The SMILES string of the molecule is CC(NC(=O)c1cccc(I)c1)c1ccco1. The summed E-state index contributed by atoms with van der Waals surface area (Å²) in [5, 5.41) is 2.89. The highest BCUT2D eigenvalue weighted by atomic mass is 127. The Balaban J connectivity index is 2.07. The van der Waals surface area contributed by atoms with Crippen molar-refractivity contribution in [2.24, 2.45) is 0 Å². The lowest BCUT2D eigenvalue weighted by Gasteiger charge is -2.11. The quantitative estimate of drug-likeness (QED) is 0.870. The average Bonchev–Trinajstić information content (AvgIpc) is 2.82. The van der Waals surface area contributed by atoms with Crippen molar-refractivity contribution in [1.29, 1.82) is 0 Å². The maximum absolute atomic E-state index is 11.9. The molecule has 1 N–H and O–H groups in total. The largest absolute Gasteiger partial charge is 0.467 e. The number of hydrogen-bond donors (Lipinski definition) is 1. The minimum Gasteiger partial charge on any atom is -0.467 e. The normalized spacial score (nSPS) is 12.1. The third-order valence-electron chi connectivity index (χ3n) is 2.40. The Morgan fingerprint density at radius 2 is 2.18 bits per heavy atom. The van der Waals surface area contributed by atoms with E-state index in [0.717, 1.165) is 9.33 Å². The first kappa shape index (κ1) is 12.2. The number of benzene rings is 1. The fraction of sp³-hybridized carbons (Fsp3) is 0.154. The Labute approximate surface area is 113 Å². The molecule has 0 aliphatic rings. The molecule has 1 amide bonds. The van der Waals surface area contributed by atoms with E-state index >= 15 is 0 Å². The number of nitrogens with one attached hydrogen (secondary N) is 1. The fourth-order valence-corrected chi connectivity index (χ4v) is 2.06. The molecule has 0 aliphatic carbocycles. The maximum Gasteiger partial charge on any atom is 0.251 e. The summed E-state index contributed by atoms with van der Waals surface area (Å²) in [4.78, 5) is 11.9. The van der Waals surface area contributed by atoms with Crippen LogP contribution in [0.25, 0.3) is 0 Å². The van der Waals surface area contributed by atoms with Crippen LogP contribution in [0.15, 0.2) is 47.1 Å². The van der Waals surface area contributed by atoms with E-state index in [4.69, 9.17) is 4.42 Å². The van der Waals surface area contributed by atoms with Crippen molar-refractivity contribution >= 4 is 28.5 Å². The van der Waals surface area contributed by atoms with Crippen LogP contribution < -0.4 is 5.32 Å². The Hall–Kier alpha value is -1.30. The molecule has 3 nitrogen and oxygen atoms in total. The molecule has 0 saturated carbocycles. The van der Waals surface area contributed by atoms with E-state index in [1.54, 1.807) is 12.3 Å². The van der Waals surface area contributed by atoms with Gasteiger partial charge in [-0.25, -0.2) is 0 Å². The molecule has 0 aliphatic heterocycles. The predicted molar refractivity (Wildman–Crippen MR) is 73.7 cm³/mol. The van der Waals surface area contributed by atoms with Gasteiger partial charge in [0.15, 0.2) is 0 Å². The topological polar surface area (TPSA) is 42.2 Å². The summed E-state index contributed by atoms with van der Waals surface area (Å²) in [5.41, 5.74) is 0.662. The van der Waals surface area contributed by atoms with Crippen molar-refractivity contribution in [2.75, 3.05) is 0 Å². The van der Waals surface area contributed by atoms with Gasteiger partial charge in [0.25, 0.3) is 5.91 Å². The number of carbonyl (C=O) groups is 1. The lowest BCUT2D eigenvalue weighted by molar-refractivity contribution is 0.0935. The van der Waals surface area contributed by atoms with Crippen LogP contribution in [0, 0.1) is 3.57 Å². The van der Waals surface area contributed by atoms with Gasteiger partial charge < -0.3 is 9.73 Å². The summed E-state index contributed by atoms with van der Waals surface area (Å²) in [5.74, 6) is 0.663. The van der Waals surface area contributed by atoms with Gasteiger partial charge in [-0.1, -0.05) is 6.07 Å². The summed E-state index contributed by atoms with van der Waals surface area (Å²) in [6.45, 7) is 1.89. The smallest absolute Gasteiger partial charge is 0.251 e. The average molecular weight is 341 g/mol. The summed E-state index contributed by atoms with van der Waals surface area (Å²) in [6, 6.07) is 11.0. The summed E-state index contributed by atoms with van der Waals surface area (Å²) in [7, 11) is 0. The molecule has 0 fully saturated rings. The molecule has 88 valence electrons. The van der Waals surface area contributed by atoms with Gasteiger partial charge in [-0.15, -0.1) is 0 Å². The van der Waals surface area contributed by atoms with Crippen molar-refractivity contribution in [2.45, 2.75) is 13.0 Å². The van der Waals surface area contributed by atoms with E-state index in [1.807, 2.05) is 37.3 Å². The van der Waals surface area contributed by atoms with Crippen LogP contribution in [0.3, 0.4) is 0 Å². The standard InChI is InChI=1S/C13H12INO2/c1-9(12-6-3-7-17-12)15-13(16)10-4-2-5-11(14)8-10/h2-9H,1H3,(H,15,16). The van der Waals surface area contributed by atoms with E-state index in [2.05, 4.69) is 27.9 Å². The molecule has 4 heteroatoms. The number of rotatable bonds is 3. The van der Waals surface area contributed by atoms with Crippen LogP contribution >= 0.6 is 22.6 Å². The molecule has 0 radical (unpaired) electrons. The third-order valence-corrected chi connectivity index (χ3v) is 3.08. The zero-order chi connectivity index (χ0) is 12.3. The zero-order valence-corrected chi connectivity index (χ0v) is 11.5. The molecule has 1 unspecified atom stereocenters. The van der Waals surface area contributed by atoms with E-state index in [0.29, 0.717) is 5.56 Å². The molecule has 2 aromatic rings. The lowest BCUT2D eigenvalue weighted by atomic mass is 10.2. The summed E-state index contributed by atoms with van der Waals surface area (Å²) >= 11 is 2.18. The van der Waals surface area contributed by atoms with Crippen molar-refractivity contribution in [3.8, 4) is 0 Å². The first-order chi connectivity index (χ1) is 8.16. The van der Waals surface area contributed by atoms with Gasteiger partial charge in [-0.3, -0.25) is 4.79 Å². The van der Waals surface area contributed by atoms with Crippen LogP contribution in [0.4, 0.5) is 0 Å². The van der Waals surface area contributed by atoms with Crippen LogP contribution in [0.1, 0.15) is 29.1 Å². The van der Waals surface area contributed by atoms with E-state index < -0.39 is 0 Å². The fourth-order valence-electron chi connectivity index (χ4n) is 1.52. The molecule has 1 aromatic carbocycles. The van der Waals surface area contributed by atoms with Gasteiger partial charge in [-0.05, 0) is 59.8 Å². The zero-order valence-electron chi connectivity index (χ0n) is 9.31. The Morgan fingerprint density at radius 3 is 2.82 bits per heavy atom. The van der Waals surface area contributed by atoms with Gasteiger partial charge in [0.05, 0.1) is 12.3 Å². The van der Waals surface area contributed by atoms with Gasteiger partial charge >= 0.3 is 0 Å². The third kappa shape index (κ3) is 3.09. The second kappa shape index (κ2) is 5.35. The molecule has 17 heavy (non-hydrogen) atoms. The molecule has 1 atom stereocenters. The minimum atomic E-state index is -0.129. The predicted octanol–water partition coefficient (Wildman–Crippen LogP) is 3.38. The first-order valence-electron chi connectivity index (χ1n) is 5.26. The van der Waals surface area contributed by atoms with Crippen LogP contribution in [0.5, 0.6) is 0 Å². The van der Waals surface area contributed by atoms with Gasteiger partial charge in [0.2, 0.25) is 0 Å². The molecule has 1 aromatic heterocycles. The highest BCUT2D eigenvalue weighted by Crippen LogP contribution is 2.14. The Kier molecular flexibility index (Phi) is 3.83. The van der Waals surface area contributed by atoms with Gasteiger partial charge in [0, 0.05) is 9.13 Å². The van der Waals surface area contributed by atoms with E-state index in [9.17, 15) is 4.79 Å². The number of amides is 1. The molecular formula is C13H12INO2. The second-order valence-corrected chi connectivity index (χ2v) is 4.97. The van der Waals surface area contributed by atoms with Crippen molar-refractivity contribution in [3.63, 3.8) is 0 Å². The molecule has 2 rings (SSSR count). The molecule has 0 spiro atoms. The monoisotopic (exact) mass is 341 g/mol. The van der Waals surface area contributed by atoms with Crippen LogP contribution in [-0.4, -0.2) is 5.91 Å². The second-order valence-electron chi connectivity index (χ2n) is 3.72. The number of furan rings is 1. The number of carbonyl (C=O) groups excluding carboxylic acids is 1. The molecule has 0 bridgehead atoms. The van der Waals surface area contributed by atoms with E-state index in [-0.39, 0.29) is 11.9 Å². The van der Waals surface area contributed by atoms with Gasteiger partial charge in [-0.2, -0.15) is 0 Å². The number of hydrogen-bond acceptors (Lipinski definition) is 2. The Bertz CT molecular complexity index is 508. The molecule has 1 heterocycles. The minimum absolute atomic E-state index is 0.0904. The Morgan fingerprint density at radius 1 is 1.35 bits per heavy atom.